The molecule has 102 valence electrons. The molecule has 4 heteroatoms. The first-order valence-corrected chi connectivity index (χ1v) is 7.33. The van der Waals surface area contributed by atoms with Crippen LogP contribution in [-0.4, -0.2) is 48.7 Å². The molecule has 0 aromatic heterocycles. The fourth-order valence-corrected chi connectivity index (χ4v) is 3.75. The van der Waals surface area contributed by atoms with E-state index in [2.05, 4.69) is 17.1 Å². The summed E-state index contributed by atoms with van der Waals surface area (Å²) >= 11 is 0. The topological polar surface area (TPSA) is 41.6 Å². The fourth-order valence-electron chi connectivity index (χ4n) is 3.75. The van der Waals surface area contributed by atoms with E-state index in [0.717, 1.165) is 19.6 Å². The molecule has 3 fully saturated rings. The molecule has 3 aliphatic rings. The molecular formula is C14H24N2O2. The lowest BCUT2D eigenvalue weighted by molar-refractivity contribution is -0.172. The second-order valence-electron chi connectivity index (χ2n) is 6.25. The number of carbonyl (C=O) groups is 1. The highest BCUT2D eigenvalue weighted by molar-refractivity contribution is 5.78. The van der Waals surface area contributed by atoms with Crippen molar-refractivity contribution in [3.63, 3.8) is 0 Å². The quantitative estimate of drug-likeness (QED) is 0.802. The molecule has 0 bridgehead atoms. The zero-order valence-electron chi connectivity index (χ0n) is 11.3. The number of nitrogens with one attached hydrogen (secondary N) is 1. The van der Waals surface area contributed by atoms with Gasteiger partial charge in [0.2, 0.25) is 5.91 Å². The van der Waals surface area contributed by atoms with E-state index in [0.29, 0.717) is 12.0 Å². The fraction of sp³-hybridized carbons (Fsp3) is 0.929. The van der Waals surface area contributed by atoms with Gasteiger partial charge in [0.05, 0.1) is 12.1 Å². The number of ether oxygens (including phenoxy) is 1. The van der Waals surface area contributed by atoms with Crippen LogP contribution < -0.4 is 5.32 Å². The van der Waals surface area contributed by atoms with Crippen LogP contribution in [0.3, 0.4) is 0 Å². The average Bonchev–Trinajstić information content (AvgIpc) is 3.04. The second kappa shape index (κ2) is 4.82. The smallest absolute Gasteiger partial charge is 0.248 e. The lowest BCUT2D eigenvalue weighted by Gasteiger charge is -2.45. The molecule has 0 radical (unpaired) electrons. The molecule has 18 heavy (non-hydrogen) atoms. The van der Waals surface area contributed by atoms with E-state index < -0.39 is 0 Å². The molecular weight excluding hydrogens is 228 g/mol. The van der Waals surface area contributed by atoms with Crippen molar-refractivity contribution >= 4 is 5.91 Å². The van der Waals surface area contributed by atoms with Gasteiger partial charge in [-0.3, -0.25) is 4.79 Å². The van der Waals surface area contributed by atoms with Gasteiger partial charge in [-0.1, -0.05) is 12.8 Å². The third-order valence-corrected chi connectivity index (χ3v) is 5.02. The maximum absolute atomic E-state index is 12.1. The first kappa shape index (κ1) is 12.4. The molecule has 1 amide bonds. The molecule has 1 aliphatic carbocycles. The highest BCUT2D eigenvalue weighted by atomic mass is 16.5. The van der Waals surface area contributed by atoms with Crippen molar-refractivity contribution in [2.24, 2.45) is 5.92 Å². The van der Waals surface area contributed by atoms with Gasteiger partial charge in [0.25, 0.3) is 0 Å². The van der Waals surface area contributed by atoms with Gasteiger partial charge in [-0.25, -0.2) is 0 Å². The normalized spacial score (nSPS) is 38.6. The lowest BCUT2D eigenvalue weighted by Crippen LogP contribution is -2.59. The zero-order valence-corrected chi connectivity index (χ0v) is 11.3. The molecule has 3 rings (SSSR count). The predicted molar refractivity (Wildman–Crippen MR) is 69.3 cm³/mol. The van der Waals surface area contributed by atoms with Crippen molar-refractivity contribution in [1.29, 1.82) is 0 Å². The molecule has 2 unspecified atom stereocenters. The van der Waals surface area contributed by atoms with E-state index in [1.807, 2.05) is 0 Å². The van der Waals surface area contributed by atoms with Gasteiger partial charge in [0, 0.05) is 18.5 Å². The molecule has 0 spiro atoms. The third kappa shape index (κ3) is 2.16. The van der Waals surface area contributed by atoms with Crippen LogP contribution in [0.2, 0.25) is 0 Å². The van der Waals surface area contributed by atoms with Gasteiger partial charge in [-0.05, 0) is 32.7 Å². The molecule has 1 saturated carbocycles. The minimum absolute atomic E-state index is 0.139. The monoisotopic (exact) mass is 252 g/mol. The number of carbonyl (C=O) groups excluding carboxylic acids is 1. The Kier molecular flexibility index (Phi) is 3.32. The highest BCUT2D eigenvalue weighted by Crippen LogP contribution is 2.34. The van der Waals surface area contributed by atoms with E-state index in [1.54, 1.807) is 0 Å². The maximum Gasteiger partial charge on any atom is 0.248 e. The summed E-state index contributed by atoms with van der Waals surface area (Å²) in [5.74, 6) is 0.750. The molecule has 2 saturated heterocycles. The van der Waals surface area contributed by atoms with Gasteiger partial charge in [-0.15, -0.1) is 0 Å². The molecule has 4 nitrogen and oxygen atoms in total. The Balaban J connectivity index is 1.72. The van der Waals surface area contributed by atoms with Gasteiger partial charge in [-0.2, -0.15) is 0 Å². The molecule has 1 N–H and O–H groups in total. The number of hydrogen-bond acceptors (Lipinski definition) is 3. The van der Waals surface area contributed by atoms with Crippen molar-refractivity contribution in [2.45, 2.75) is 50.7 Å². The standard InChI is InChI=1S/C14H24N2O2/c1-14(11-6-7-15-8-11)10-16(13(17)9-18-14)12-4-2-3-5-12/h11-12,15H,2-10H2,1H3. The van der Waals surface area contributed by atoms with Gasteiger partial charge < -0.3 is 15.0 Å². The summed E-state index contributed by atoms with van der Waals surface area (Å²) in [7, 11) is 0. The Morgan fingerprint density at radius 1 is 1.33 bits per heavy atom. The third-order valence-electron chi connectivity index (χ3n) is 5.02. The highest BCUT2D eigenvalue weighted by Gasteiger charge is 2.45. The lowest BCUT2D eigenvalue weighted by atomic mass is 9.86. The minimum Gasteiger partial charge on any atom is -0.363 e. The van der Waals surface area contributed by atoms with Crippen LogP contribution >= 0.6 is 0 Å². The molecule has 2 aliphatic heterocycles. The van der Waals surface area contributed by atoms with Crippen LogP contribution in [-0.2, 0) is 9.53 Å². The van der Waals surface area contributed by atoms with Crippen LogP contribution in [0.4, 0.5) is 0 Å². The van der Waals surface area contributed by atoms with Crippen LogP contribution in [0.25, 0.3) is 0 Å². The summed E-state index contributed by atoms with van der Waals surface area (Å²) in [6.45, 7) is 5.38. The first-order chi connectivity index (χ1) is 8.69. The Morgan fingerprint density at radius 2 is 2.11 bits per heavy atom. The summed E-state index contributed by atoms with van der Waals surface area (Å²) in [5.41, 5.74) is -0.139. The summed E-state index contributed by atoms with van der Waals surface area (Å²) in [4.78, 5) is 14.2. The predicted octanol–water partition coefficient (Wildman–Crippen LogP) is 1.16. The number of hydrogen-bond donors (Lipinski definition) is 1. The SMILES string of the molecule is CC1(C2CCNC2)CN(C2CCCC2)C(=O)CO1. The number of rotatable bonds is 2. The summed E-state index contributed by atoms with van der Waals surface area (Å²) < 4.78 is 5.92. The number of nitrogens with zero attached hydrogens (tertiary/aromatic N) is 1. The largest absolute Gasteiger partial charge is 0.363 e. The summed E-state index contributed by atoms with van der Waals surface area (Å²) in [6, 6.07) is 0.482. The van der Waals surface area contributed by atoms with Crippen molar-refractivity contribution in [2.75, 3.05) is 26.2 Å². The molecule has 2 atom stereocenters. The van der Waals surface area contributed by atoms with Crippen molar-refractivity contribution in [3.8, 4) is 0 Å². The van der Waals surface area contributed by atoms with Crippen LogP contribution in [0, 0.1) is 5.92 Å². The van der Waals surface area contributed by atoms with Crippen LogP contribution in [0.15, 0.2) is 0 Å². The molecule has 0 aromatic carbocycles. The van der Waals surface area contributed by atoms with Gasteiger partial charge in [0.1, 0.15) is 6.61 Å². The average molecular weight is 252 g/mol. The van der Waals surface area contributed by atoms with Crippen molar-refractivity contribution in [1.82, 2.24) is 10.2 Å². The summed E-state index contributed by atoms with van der Waals surface area (Å²) in [5, 5.41) is 3.41. The van der Waals surface area contributed by atoms with Gasteiger partial charge in [0.15, 0.2) is 0 Å². The maximum atomic E-state index is 12.1. The number of amides is 1. The van der Waals surface area contributed by atoms with E-state index in [-0.39, 0.29) is 18.1 Å². The van der Waals surface area contributed by atoms with Crippen LogP contribution in [0.1, 0.15) is 39.0 Å². The minimum atomic E-state index is -0.139. The Bertz CT molecular complexity index is 322. The van der Waals surface area contributed by atoms with Crippen molar-refractivity contribution in [3.05, 3.63) is 0 Å². The Labute approximate surface area is 109 Å². The van der Waals surface area contributed by atoms with E-state index in [9.17, 15) is 4.79 Å². The van der Waals surface area contributed by atoms with Crippen LogP contribution in [0.5, 0.6) is 0 Å². The van der Waals surface area contributed by atoms with E-state index >= 15 is 0 Å². The second-order valence-corrected chi connectivity index (χ2v) is 6.25. The molecule has 2 heterocycles. The number of morpholine rings is 1. The zero-order chi connectivity index (χ0) is 12.6. The van der Waals surface area contributed by atoms with Gasteiger partial charge >= 0.3 is 0 Å². The Hall–Kier alpha value is -0.610. The Morgan fingerprint density at radius 3 is 2.78 bits per heavy atom. The summed E-state index contributed by atoms with van der Waals surface area (Å²) in [6.07, 6.45) is 6.09. The van der Waals surface area contributed by atoms with E-state index in [1.165, 1.54) is 32.1 Å². The van der Waals surface area contributed by atoms with Crippen molar-refractivity contribution < 1.29 is 9.53 Å². The first-order valence-electron chi connectivity index (χ1n) is 7.33. The van der Waals surface area contributed by atoms with E-state index in [4.69, 9.17) is 4.74 Å². The molecule has 0 aromatic rings.